The van der Waals surface area contributed by atoms with Crippen molar-refractivity contribution in [2.45, 2.75) is 6.92 Å². The largest absolute Gasteiger partial charge is 0.368 e. The molecule has 6 nitrogen and oxygen atoms in total. The minimum absolute atomic E-state index is 0.439. The third-order valence-electron chi connectivity index (χ3n) is 4.15. The Morgan fingerprint density at radius 3 is 2.57 bits per heavy atom. The lowest BCUT2D eigenvalue weighted by Crippen LogP contribution is -2.47. The van der Waals surface area contributed by atoms with Crippen molar-refractivity contribution in [1.82, 2.24) is 19.6 Å². The van der Waals surface area contributed by atoms with Crippen LogP contribution in [0.4, 0.5) is 15.9 Å². The van der Waals surface area contributed by atoms with Gasteiger partial charge < -0.3 is 9.80 Å². The van der Waals surface area contributed by atoms with Crippen LogP contribution in [0.3, 0.4) is 0 Å². The molecule has 0 saturated carbocycles. The fourth-order valence-corrected chi connectivity index (χ4v) is 3.04. The fraction of sp³-hybridized carbons (Fsp3) is 0.312. The summed E-state index contributed by atoms with van der Waals surface area (Å²) in [5.74, 6) is 0.514. The van der Waals surface area contributed by atoms with Gasteiger partial charge in [-0.25, -0.2) is 14.5 Å². The van der Waals surface area contributed by atoms with E-state index < -0.39 is 5.95 Å². The second-order valence-corrected chi connectivity index (χ2v) is 5.68. The Morgan fingerprint density at radius 2 is 1.78 bits per heavy atom. The maximum absolute atomic E-state index is 13.3. The van der Waals surface area contributed by atoms with E-state index in [1.54, 1.807) is 6.20 Å². The van der Waals surface area contributed by atoms with E-state index in [9.17, 15) is 4.39 Å². The molecule has 1 aliphatic rings. The summed E-state index contributed by atoms with van der Waals surface area (Å²) in [5, 5.41) is 4.43. The van der Waals surface area contributed by atoms with Gasteiger partial charge in [0.1, 0.15) is 5.52 Å². The van der Waals surface area contributed by atoms with Crippen LogP contribution >= 0.6 is 0 Å². The average molecular weight is 312 g/mol. The van der Waals surface area contributed by atoms with Crippen molar-refractivity contribution in [2.75, 3.05) is 36.0 Å². The summed E-state index contributed by atoms with van der Waals surface area (Å²) in [5.41, 5.74) is 2.88. The lowest BCUT2D eigenvalue weighted by Gasteiger charge is -2.36. The molecule has 0 N–H and O–H groups in total. The summed E-state index contributed by atoms with van der Waals surface area (Å²) < 4.78 is 15.1. The molecule has 0 radical (unpaired) electrons. The van der Waals surface area contributed by atoms with E-state index in [-0.39, 0.29) is 0 Å². The predicted molar refractivity (Wildman–Crippen MR) is 86.3 cm³/mol. The average Bonchev–Trinajstić information content (AvgIpc) is 2.95. The van der Waals surface area contributed by atoms with E-state index in [0.717, 1.165) is 48.9 Å². The van der Waals surface area contributed by atoms with Gasteiger partial charge in [0.2, 0.25) is 5.95 Å². The number of aryl methyl sites for hydroxylation is 1. The maximum atomic E-state index is 13.3. The number of nitrogens with zero attached hydrogens (tertiary/aromatic N) is 6. The predicted octanol–water partition coefficient (Wildman–Crippen LogP) is 1.90. The number of rotatable bonds is 2. The molecule has 0 unspecified atom stereocenters. The van der Waals surface area contributed by atoms with Gasteiger partial charge in [0.15, 0.2) is 5.82 Å². The van der Waals surface area contributed by atoms with E-state index in [1.165, 1.54) is 12.3 Å². The van der Waals surface area contributed by atoms with Crippen molar-refractivity contribution in [3.63, 3.8) is 0 Å². The lowest BCUT2D eigenvalue weighted by atomic mass is 10.2. The first kappa shape index (κ1) is 13.9. The molecule has 0 aliphatic carbocycles. The maximum Gasteiger partial charge on any atom is 0.214 e. The Balaban J connectivity index is 1.55. The summed E-state index contributed by atoms with van der Waals surface area (Å²) in [6, 6.07) is 5.37. The monoisotopic (exact) mass is 312 g/mol. The minimum Gasteiger partial charge on any atom is -0.368 e. The van der Waals surface area contributed by atoms with Gasteiger partial charge in [-0.2, -0.15) is 9.49 Å². The number of anilines is 2. The van der Waals surface area contributed by atoms with Crippen LogP contribution in [0, 0.1) is 12.9 Å². The van der Waals surface area contributed by atoms with Crippen molar-refractivity contribution in [2.24, 2.45) is 0 Å². The molecule has 4 heterocycles. The van der Waals surface area contributed by atoms with Crippen molar-refractivity contribution >= 4 is 17.0 Å². The smallest absolute Gasteiger partial charge is 0.214 e. The molecule has 1 aliphatic heterocycles. The van der Waals surface area contributed by atoms with Crippen molar-refractivity contribution in [3.8, 4) is 0 Å². The van der Waals surface area contributed by atoms with Crippen LogP contribution in [0.15, 0.2) is 36.8 Å². The summed E-state index contributed by atoms with van der Waals surface area (Å²) >= 11 is 0. The lowest BCUT2D eigenvalue weighted by molar-refractivity contribution is 0.580. The third-order valence-corrected chi connectivity index (χ3v) is 4.15. The number of piperazine rings is 1. The zero-order chi connectivity index (χ0) is 15.8. The highest BCUT2D eigenvalue weighted by atomic mass is 19.1. The Bertz CT molecular complexity index is 837. The van der Waals surface area contributed by atoms with Gasteiger partial charge in [-0.05, 0) is 19.1 Å². The standard InChI is InChI=1S/C16H17FN6/c1-12-10-14-16(19-4-5-23(14)20-12)22-8-6-21(7-9-22)13-2-3-18-15(17)11-13/h2-5,10-11H,6-9H2,1H3. The second-order valence-electron chi connectivity index (χ2n) is 5.68. The molecule has 23 heavy (non-hydrogen) atoms. The Labute approximate surface area is 133 Å². The number of aromatic nitrogens is 4. The number of halogens is 1. The van der Waals surface area contributed by atoms with Crippen LogP contribution in [0.1, 0.15) is 5.69 Å². The molecule has 0 atom stereocenters. The van der Waals surface area contributed by atoms with Crippen LogP contribution < -0.4 is 9.80 Å². The highest BCUT2D eigenvalue weighted by Crippen LogP contribution is 2.23. The number of hydrogen-bond acceptors (Lipinski definition) is 5. The van der Waals surface area contributed by atoms with Crippen molar-refractivity contribution in [1.29, 1.82) is 0 Å². The van der Waals surface area contributed by atoms with Gasteiger partial charge in [0.05, 0.1) is 5.69 Å². The van der Waals surface area contributed by atoms with Crippen molar-refractivity contribution < 1.29 is 4.39 Å². The van der Waals surface area contributed by atoms with Gasteiger partial charge in [0.25, 0.3) is 0 Å². The molecular weight excluding hydrogens is 295 g/mol. The van der Waals surface area contributed by atoms with E-state index in [1.807, 2.05) is 29.8 Å². The van der Waals surface area contributed by atoms with E-state index in [4.69, 9.17) is 0 Å². The summed E-state index contributed by atoms with van der Waals surface area (Å²) in [6.45, 7) is 5.28. The number of hydrogen-bond donors (Lipinski definition) is 0. The molecule has 0 amide bonds. The number of fused-ring (bicyclic) bond motifs is 1. The van der Waals surface area contributed by atoms with Crippen LogP contribution in [0.5, 0.6) is 0 Å². The first-order valence-electron chi connectivity index (χ1n) is 7.63. The SMILES string of the molecule is Cc1cc2c(N3CCN(c4ccnc(F)c4)CC3)nccn2n1. The molecule has 3 aromatic heterocycles. The summed E-state index contributed by atoms with van der Waals surface area (Å²) in [4.78, 5) is 12.6. The molecule has 7 heteroatoms. The second kappa shape index (κ2) is 5.49. The molecular formula is C16H17FN6. The van der Waals surface area contributed by atoms with Gasteiger partial charge in [-0.15, -0.1) is 0 Å². The summed E-state index contributed by atoms with van der Waals surface area (Å²) in [7, 11) is 0. The third kappa shape index (κ3) is 2.58. The van der Waals surface area contributed by atoms with Gasteiger partial charge in [-0.3, -0.25) is 0 Å². The van der Waals surface area contributed by atoms with Crippen molar-refractivity contribution in [3.05, 3.63) is 48.4 Å². The molecule has 118 valence electrons. The first-order valence-corrected chi connectivity index (χ1v) is 7.63. The van der Waals surface area contributed by atoms with Crippen LogP contribution in [0.25, 0.3) is 5.52 Å². The first-order chi connectivity index (χ1) is 11.2. The van der Waals surface area contributed by atoms with E-state index in [0.29, 0.717) is 0 Å². The molecule has 3 aromatic rings. The summed E-state index contributed by atoms with van der Waals surface area (Å²) in [6.07, 6.45) is 5.15. The van der Waals surface area contributed by atoms with Gasteiger partial charge in [-0.1, -0.05) is 0 Å². The van der Waals surface area contributed by atoms with Crippen LogP contribution in [-0.2, 0) is 0 Å². The van der Waals surface area contributed by atoms with Gasteiger partial charge >= 0.3 is 0 Å². The molecule has 4 rings (SSSR count). The van der Waals surface area contributed by atoms with Crippen LogP contribution in [-0.4, -0.2) is 45.8 Å². The zero-order valence-electron chi connectivity index (χ0n) is 12.9. The topological polar surface area (TPSA) is 49.6 Å². The Morgan fingerprint density at radius 1 is 1.00 bits per heavy atom. The molecule has 0 aromatic carbocycles. The Kier molecular flexibility index (Phi) is 3.33. The quantitative estimate of drug-likeness (QED) is 0.677. The highest BCUT2D eigenvalue weighted by Gasteiger charge is 2.20. The Hall–Kier alpha value is -2.70. The molecule has 1 saturated heterocycles. The van der Waals surface area contributed by atoms with Crippen LogP contribution in [0.2, 0.25) is 0 Å². The van der Waals surface area contributed by atoms with Gasteiger partial charge in [0, 0.05) is 56.5 Å². The molecule has 1 fully saturated rings. The van der Waals surface area contributed by atoms with E-state index in [2.05, 4.69) is 24.9 Å². The minimum atomic E-state index is -0.439. The fourth-order valence-electron chi connectivity index (χ4n) is 3.04. The number of pyridine rings is 1. The zero-order valence-corrected chi connectivity index (χ0v) is 12.9. The molecule has 0 bridgehead atoms. The molecule has 0 spiro atoms. The van der Waals surface area contributed by atoms with E-state index >= 15 is 0 Å². The normalized spacial score (nSPS) is 15.4. The highest BCUT2D eigenvalue weighted by molar-refractivity contribution is 5.69.